The molecule has 18 heavy (non-hydrogen) atoms. The molecule has 0 amide bonds. The highest BCUT2D eigenvalue weighted by molar-refractivity contribution is 5.40. The molecule has 2 aliphatic carbocycles. The van der Waals surface area contributed by atoms with Crippen molar-refractivity contribution in [1.82, 2.24) is 10.1 Å². The normalized spacial score (nSPS) is 20.7. The summed E-state index contributed by atoms with van der Waals surface area (Å²) in [7, 11) is 0. The summed E-state index contributed by atoms with van der Waals surface area (Å²) in [4.78, 5) is 4.51. The zero-order valence-electron chi connectivity index (χ0n) is 10.1. The Morgan fingerprint density at radius 3 is 2.61 bits per heavy atom. The summed E-state index contributed by atoms with van der Waals surface area (Å²) in [6, 6.07) is 11.6. The quantitative estimate of drug-likeness (QED) is 0.894. The molecule has 0 radical (unpaired) electrons. The van der Waals surface area contributed by atoms with Gasteiger partial charge in [-0.15, -0.1) is 0 Å². The topological polar surface area (TPSA) is 51.0 Å². The second kappa shape index (κ2) is 3.57. The summed E-state index contributed by atoms with van der Waals surface area (Å²) in [5.41, 5.74) is 1.30. The van der Waals surface area contributed by atoms with Gasteiger partial charge in [-0.25, -0.2) is 0 Å². The van der Waals surface area contributed by atoms with Crippen LogP contribution in [0, 0.1) is 0 Å². The van der Waals surface area contributed by atoms with Gasteiger partial charge in [0.15, 0.2) is 5.82 Å². The lowest BCUT2D eigenvalue weighted by Crippen LogP contribution is -2.11. The Kier molecular flexibility index (Phi) is 2.01. The molecule has 0 saturated heterocycles. The van der Waals surface area contributed by atoms with Crippen molar-refractivity contribution in [2.45, 2.75) is 37.1 Å². The van der Waals surface area contributed by atoms with E-state index < -0.39 is 0 Å². The molecule has 4 heteroatoms. The monoisotopic (exact) mass is 241 g/mol. The van der Waals surface area contributed by atoms with Crippen LogP contribution in [0.5, 0.6) is 0 Å². The predicted molar refractivity (Wildman–Crippen MR) is 67.4 cm³/mol. The third-order valence-electron chi connectivity index (χ3n) is 3.84. The maximum atomic E-state index is 5.29. The molecule has 2 fully saturated rings. The van der Waals surface area contributed by atoms with Crippen molar-refractivity contribution < 1.29 is 4.52 Å². The van der Waals surface area contributed by atoms with E-state index in [1.807, 2.05) is 6.07 Å². The molecule has 1 aromatic carbocycles. The number of hydrogen-bond donors (Lipinski definition) is 1. The number of anilines is 1. The van der Waals surface area contributed by atoms with E-state index in [9.17, 15) is 0 Å². The van der Waals surface area contributed by atoms with E-state index >= 15 is 0 Å². The first-order valence-corrected chi connectivity index (χ1v) is 6.53. The highest BCUT2D eigenvalue weighted by Crippen LogP contribution is 2.52. The molecule has 2 saturated carbocycles. The third kappa shape index (κ3) is 1.60. The Bertz CT molecular complexity index is 555. The molecule has 0 unspecified atom stereocenters. The van der Waals surface area contributed by atoms with Gasteiger partial charge < -0.3 is 9.84 Å². The van der Waals surface area contributed by atoms with Crippen molar-refractivity contribution in [3.8, 4) is 0 Å². The average Bonchev–Trinajstić information content (AvgIpc) is 3.32. The van der Waals surface area contributed by atoms with Gasteiger partial charge in [0.1, 0.15) is 0 Å². The van der Waals surface area contributed by atoms with Crippen LogP contribution in [0.4, 0.5) is 6.01 Å². The van der Waals surface area contributed by atoms with Crippen LogP contribution in [0.15, 0.2) is 34.9 Å². The smallest absolute Gasteiger partial charge is 0.321 e. The highest BCUT2D eigenvalue weighted by Gasteiger charge is 2.50. The lowest BCUT2D eigenvalue weighted by Gasteiger charge is -2.09. The maximum Gasteiger partial charge on any atom is 0.321 e. The molecule has 92 valence electrons. The summed E-state index contributed by atoms with van der Waals surface area (Å²) in [5.74, 6) is 0.830. The van der Waals surface area contributed by atoms with Gasteiger partial charge in [0.25, 0.3) is 0 Å². The van der Waals surface area contributed by atoms with Crippen molar-refractivity contribution in [2.75, 3.05) is 5.32 Å². The molecule has 1 aromatic heterocycles. The van der Waals surface area contributed by atoms with Crippen LogP contribution in [0.25, 0.3) is 0 Å². The van der Waals surface area contributed by atoms with Gasteiger partial charge in [-0.3, -0.25) is 0 Å². The molecule has 2 aliphatic rings. The molecule has 1 heterocycles. The lowest BCUT2D eigenvalue weighted by atomic mass is 9.95. The number of nitrogens with one attached hydrogen (secondary N) is 1. The lowest BCUT2D eigenvalue weighted by molar-refractivity contribution is 0.417. The summed E-state index contributed by atoms with van der Waals surface area (Å²) in [6.07, 6.45) is 4.64. The fourth-order valence-electron chi connectivity index (χ4n) is 2.40. The molecule has 0 bridgehead atoms. The second-order valence-electron chi connectivity index (χ2n) is 5.29. The molecule has 0 aliphatic heterocycles. The fourth-order valence-corrected chi connectivity index (χ4v) is 2.40. The summed E-state index contributed by atoms with van der Waals surface area (Å²) >= 11 is 0. The number of hydrogen-bond acceptors (Lipinski definition) is 4. The average molecular weight is 241 g/mol. The van der Waals surface area contributed by atoms with Crippen LogP contribution in [0.1, 0.15) is 37.1 Å². The van der Waals surface area contributed by atoms with Crippen LogP contribution in [0.2, 0.25) is 0 Å². The van der Waals surface area contributed by atoms with E-state index in [-0.39, 0.29) is 5.41 Å². The second-order valence-corrected chi connectivity index (χ2v) is 5.29. The molecule has 0 atom stereocenters. The van der Waals surface area contributed by atoms with Gasteiger partial charge in [-0.1, -0.05) is 35.5 Å². The largest absolute Gasteiger partial charge is 0.335 e. The summed E-state index contributed by atoms with van der Waals surface area (Å²) in [6.45, 7) is 0. The molecule has 4 nitrogen and oxygen atoms in total. The maximum absolute atomic E-state index is 5.29. The fraction of sp³-hybridized carbons (Fsp3) is 0.429. The zero-order chi connectivity index (χ0) is 12.0. The minimum Gasteiger partial charge on any atom is -0.335 e. The predicted octanol–water partition coefficient (Wildman–Crippen LogP) is 2.72. The van der Waals surface area contributed by atoms with E-state index in [2.05, 4.69) is 39.7 Å². The van der Waals surface area contributed by atoms with Gasteiger partial charge in [0.05, 0.1) is 5.41 Å². The first-order chi connectivity index (χ1) is 8.87. The number of benzene rings is 1. The summed E-state index contributed by atoms with van der Waals surface area (Å²) in [5, 5.41) is 7.41. The van der Waals surface area contributed by atoms with Crippen LogP contribution in [0.3, 0.4) is 0 Å². The van der Waals surface area contributed by atoms with Crippen LogP contribution >= 0.6 is 0 Å². The molecule has 1 N–H and O–H groups in total. The van der Waals surface area contributed by atoms with Crippen molar-refractivity contribution in [2.24, 2.45) is 0 Å². The van der Waals surface area contributed by atoms with E-state index in [4.69, 9.17) is 4.52 Å². The van der Waals surface area contributed by atoms with Gasteiger partial charge in [-0.05, 0) is 31.2 Å². The Balaban J connectivity index is 1.63. The number of rotatable bonds is 4. The van der Waals surface area contributed by atoms with E-state index in [1.165, 1.54) is 18.4 Å². The Hall–Kier alpha value is -1.84. The highest BCUT2D eigenvalue weighted by atomic mass is 16.5. The zero-order valence-corrected chi connectivity index (χ0v) is 10.1. The Labute approximate surface area is 105 Å². The van der Waals surface area contributed by atoms with Crippen molar-refractivity contribution >= 4 is 6.01 Å². The minimum atomic E-state index is 0.00818. The molecular formula is C14H15N3O. The molecular weight excluding hydrogens is 226 g/mol. The van der Waals surface area contributed by atoms with Gasteiger partial charge >= 0.3 is 6.01 Å². The van der Waals surface area contributed by atoms with Crippen LogP contribution in [-0.2, 0) is 5.41 Å². The Morgan fingerprint density at radius 1 is 1.17 bits per heavy atom. The first-order valence-electron chi connectivity index (χ1n) is 6.53. The number of nitrogens with zero attached hydrogens (tertiary/aromatic N) is 2. The first kappa shape index (κ1) is 10.1. The van der Waals surface area contributed by atoms with Gasteiger partial charge in [-0.2, -0.15) is 4.98 Å². The van der Waals surface area contributed by atoms with Crippen molar-refractivity contribution in [1.29, 1.82) is 0 Å². The molecule has 4 rings (SSSR count). The molecule has 2 aromatic rings. The van der Waals surface area contributed by atoms with Gasteiger partial charge in [0.2, 0.25) is 0 Å². The van der Waals surface area contributed by atoms with Crippen molar-refractivity contribution in [3.63, 3.8) is 0 Å². The van der Waals surface area contributed by atoms with Crippen LogP contribution < -0.4 is 5.32 Å². The van der Waals surface area contributed by atoms with E-state index in [0.717, 1.165) is 18.7 Å². The van der Waals surface area contributed by atoms with E-state index in [1.54, 1.807) is 0 Å². The molecule has 0 spiro atoms. The number of aromatic nitrogens is 2. The van der Waals surface area contributed by atoms with Gasteiger partial charge in [0, 0.05) is 6.04 Å². The van der Waals surface area contributed by atoms with Crippen molar-refractivity contribution in [3.05, 3.63) is 41.7 Å². The SMILES string of the molecule is c1ccc(C2(c3noc(NC4CC4)n3)CC2)cc1. The summed E-state index contributed by atoms with van der Waals surface area (Å²) < 4.78 is 5.29. The minimum absolute atomic E-state index is 0.00818. The third-order valence-corrected chi connectivity index (χ3v) is 3.84. The Morgan fingerprint density at radius 2 is 1.94 bits per heavy atom. The van der Waals surface area contributed by atoms with Crippen LogP contribution in [-0.4, -0.2) is 16.2 Å². The standard InChI is InChI=1S/C14H15N3O/c1-2-4-10(5-3-1)14(8-9-14)12-16-13(18-17-12)15-11-6-7-11/h1-5,11H,6-9H2,(H,15,16,17). The van der Waals surface area contributed by atoms with E-state index in [0.29, 0.717) is 12.1 Å².